The molecular weight excluding hydrogens is 352 g/mol. The standard InChI is InChI=1S/C18H24N4O3S/c1-13(2)16-18-19-17(14-7-5-4-6-8-14)20-22(18)11-10-21(16)15(23)9-12-26(3,24)25/h4-8,13,16H,9-12H2,1-3H3/t16-/m0/s1. The first-order chi connectivity index (χ1) is 12.3. The molecule has 1 atom stereocenters. The third-order valence-corrected chi connectivity index (χ3v) is 5.47. The number of amides is 1. The molecule has 2 heterocycles. The Hall–Kier alpha value is -2.22. The van der Waals surface area contributed by atoms with Gasteiger partial charge in [0.2, 0.25) is 5.91 Å². The molecule has 8 heteroatoms. The van der Waals surface area contributed by atoms with Gasteiger partial charge in [-0.15, -0.1) is 0 Å². The van der Waals surface area contributed by atoms with Crippen molar-refractivity contribution in [1.29, 1.82) is 0 Å². The van der Waals surface area contributed by atoms with Crippen LogP contribution >= 0.6 is 0 Å². The predicted octanol–water partition coefficient (Wildman–Crippen LogP) is 1.92. The molecule has 1 aliphatic rings. The maximum atomic E-state index is 12.7. The summed E-state index contributed by atoms with van der Waals surface area (Å²) in [6.45, 7) is 5.14. The van der Waals surface area contributed by atoms with E-state index in [4.69, 9.17) is 4.98 Å². The third-order valence-electron chi connectivity index (χ3n) is 4.52. The molecule has 0 N–H and O–H groups in total. The Morgan fingerprint density at radius 2 is 1.92 bits per heavy atom. The number of carbonyl (C=O) groups is 1. The largest absolute Gasteiger partial charge is 0.330 e. The van der Waals surface area contributed by atoms with Crippen molar-refractivity contribution < 1.29 is 13.2 Å². The quantitative estimate of drug-likeness (QED) is 0.796. The minimum atomic E-state index is -3.17. The number of aromatic nitrogens is 3. The fourth-order valence-electron chi connectivity index (χ4n) is 3.28. The Morgan fingerprint density at radius 3 is 2.54 bits per heavy atom. The van der Waals surface area contributed by atoms with Crippen LogP contribution in [0.4, 0.5) is 0 Å². The summed E-state index contributed by atoms with van der Waals surface area (Å²) in [5.41, 5.74) is 0.937. The fraction of sp³-hybridized carbons (Fsp3) is 0.500. The number of benzene rings is 1. The number of rotatable bonds is 5. The second kappa shape index (κ2) is 7.19. The molecule has 1 aliphatic heterocycles. The first kappa shape index (κ1) is 18.6. The number of nitrogens with zero attached hydrogens (tertiary/aromatic N) is 4. The fourth-order valence-corrected chi connectivity index (χ4v) is 3.83. The summed E-state index contributed by atoms with van der Waals surface area (Å²) < 4.78 is 24.7. The Bertz CT molecular complexity index is 890. The van der Waals surface area contributed by atoms with E-state index in [0.717, 1.165) is 17.6 Å². The zero-order valence-electron chi connectivity index (χ0n) is 15.3. The molecule has 140 valence electrons. The molecule has 0 bridgehead atoms. The molecular formula is C18H24N4O3S. The second-order valence-corrected chi connectivity index (χ2v) is 9.30. The van der Waals surface area contributed by atoms with Crippen LogP contribution in [0.5, 0.6) is 0 Å². The molecule has 1 amide bonds. The topological polar surface area (TPSA) is 85.2 Å². The maximum Gasteiger partial charge on any atom is 0.224 e. The van der Waals surface area contributed by atoms with Gasteiger partial charge in [-0.1, -0.05) is 44.2 Å². The number of carbonyl (C=O) groups excluding carboxylic acids is 1. The summed E-state index contributed by atoms with van der Waals surface area (Å²) in [6.07, 6.45) is 1.15. The lowest BCUT2D eigenvalue weighted by Gasteiger charge is -2.37. The van der Waals surface area contributed by atoms with Gasteiger partial charge in [-0.3, -0.25) is 4.79 Å². The zero-order valence-corrected chi connectivity index (χ0v) is 16.1. The number of hydrogen-bond acceptors (Lipinski definition) is 5. The van der Waals surface area contributed by atoms with Gasteiger partial charge >= 0.3 is 0 Å². The van der Waals surface area contributed by atoms with Crippen LogP contribution in [-0.2, 0) is 21.2 Å². The third kappa shape index (κ3) is 3.95. The highest BCUT2D eigenvalue weighted by Crippen LogP contribution is 2.32. The molecule has 2 aromatic rings. The van der Waals surface area contributed by atoms with Crippen LogP contribution in [-0.4, -0.2) is 52.5 Å². The summed E-state index contributed by atoms with van der Waals surface area (Å²) in [5.74, 6) is 1.28. The molecule has 0 saturated carbocycles. The van der Waals surface area contributed by atoms with Crippen molar-refractivity contribution >= 4 is 15.7 Å². The summed E-state index contributed by atoms with van der Waals surface area (Å²) in [4.78, 5) is 19.1. The van der Waals surface area contributed by atoms with Crippen molar-refractivity contribution in [2.75, 3.05) is 18.6 Å². The Balaban J connectivity index is 1.89. The summed E-state index contributed by atoms with van der Waals surface area (Å²) >= 11 is 0. The first-order valence-electron chi connectivity index (χ1n) is 8.73. The highest BCUT2D eigenvalue weighted by molar-refractivity contribution is 7.90. The van der Waals surface area contributed by atoms with E-state index in [9.17, 15) is 13.2 Å². The normalized spacial score (nSPS) is 17.4. The highest BCUT2D eigenvalue weighted by atomic mass is 32.2. The number of hydrogen-bond donors (Lipinski definition) is 0. The van der Waals surface area contributed by atoms with E-state index in [0.29, 0.717) is 18.9 Å². The molecule has 0 unspecified atom stereocenters. The van der Waals surface area contributed by atoms with Gasteiger partial charge in [0.1, 0.15) is 9.84 Å². The van der Waals surface area contributed by atoms with Crippen LogP contribution in [0.2, 0.25) is 0 Å². The van der Waals surface area contributed by atoms with E-state index in [1.165, 1.54) is 0 Å². The van der Waals surface area contributed by atoms with Crippen LogP contribution in [0.1, 0.15) is 32.1 Å². The van der Waals surface area contributed by atoms with Crippen LogP contribution in [0, 0.1) is 5.92 Å². The van der Waals surface area contributed by atoms with Gasteiger partial charge in [-0.2, -0.15) is 5.10 Å². The summed E-state index contributed by atoms with van der Waals surface area (Å²) in [5, 5.41) is 4.60. The lowest BCUT2D eigenvalue weighted by atomic mass is 9.99. The van der Waals surface area contributed by atoms with Gasteiger partial charge in [0.05, 0.1) is 18.3 Å². The molecule has 0 saturated heterocycles. The van der Waals surface area contributed by atoms with Gasteiger partial charge in [-0.05, 0) is 5.92 Å². The number of fused-ring (bicyclic) bond motifs is 1. The molecule has 0 spiro atoms. The van der Waals surface area contributed by atoms with E-state index < -0.39 is 9.84 Å². The van der Waals surface area contributed by atoms with Crippen LogP contribution in [0.25, 0.3) is 11.4 Å². The average molecular weight is 376 g/mol. The van der Waals surface area contributed by atoms with Crippen molar-refractivity contribution in [3.05, 3.63) is 36.2 Å². The predicted molar refractivity (Wildman–Crippen MR) is 99.1 cm³/mol. The lowest BCUT2D eigenvalue weighted by molar-refractivity contribution is -0.135. The molecule has 0 fully saturated rings. The minimum absolute atomic E-state index is 0.00172. The van der Waals surface area contributed by atoms with Gasteiger partial charge < -0.3 is 4.90 Å². The molecule has 7 nitrogen and oxygen atoms in total. The van der Waals surface area contributed by atoms with Crippen molar-refractivity contribution in [2.24, 2.45) is 5.92 Å². The van der Waals surface area contributed by atoms with E-state index in [1.54, 1.807) is 4.90 Å². The monoisotopic (exact) mass is 376 g/mol. The molecule has 26 heavy (non-hydrogen) atoms. The lowest BCUT2D eigenvalue weighted by Crippen LogP contribution is -2.45. The van der Waals surface area contributed by atoms with Gasteiger partial charge in [0, 0.05) is 24.8 Å². The molecule has 0 radical (unpaired) electrons. The smallest absolute Gasteiger partial charge is 0.224 e. The van der Waals surface area contributed by atoms with E-state index in [2.05, 4.69) is 5.10 Å². The highest BCUT2D eigenvalue weighted by Gasteiger charge is 2.35. The van der Waals surface area contributed by atoms with Crippen molar-refractivity contribution in [3.8, 4) is 11.4 Å². The van der Waals surface area contributed by atoms with E-state index in [-0.39, 0.29) is 30.0 Å². The molecule has 1 aromatic carbocycles. The Morgan fingerprint density at radius 1 is 1.23 bits per heavy atom. The SMILES string of the molecule is CC(C)[C@H]1c2nc(-c3ccccc3)nn2CCN1C(=O)CCS(C)(=O)=O. The van der Waals surface area contributed by atoms with Crippen LogP contribution in [0.15, 0.2) is 30.3 Å². The van der Waals surface area contributed by atoms with E-state index >= 15 is 0 Å². The Kier molecular flexibility index (Phi) is 5.13. The minimum Gasteiger partial charge on any atom is -0.330 e. The van der Waals surface area contributed by atoms with Crippen molar-refractivity contribution in [3.63, 3.8) is 0 Å². The van der Waals surface area contributed by atoms with E-state index in [1.807, 2.05) is 48.9 Å². The first-order valence-corrected chi connectivity index (χ1v) is 10.8. The molecule has 1 aromatic heterocycles. The maximum absolute atomic E-state index is 12.7. The number of sulfone groups is 1. The Labute approximate surface area is 154 Å². The molecule has 3 rings (SSSR count). The summed E-state index contributed by atoms with van der Waals surface area (Å²) in [7, 11) is -3.17. The van der Waals surface area contributed by atoms with Gasteiger partial charge in [-0.25, -0.2) is 18.1 Å². The van der Waals surface area contributed by atoms with Gasteiger partial charge in [0.15, 0.2) is 11.6 Å². The second-order valence-electron chi connectivity index (χ2n) is 7.04. The van der Waals surface area contributed by atoms with Crippen molar-refractivity contribution in [2.45, 2.75) is 32.9 Å². The molecule has 0 aliphatic carbocycles. The van der Waals surface area contributed by atoms with Crippen molar-refractivity contribution in [1.82, 2.24) is 19.7 Å². The van der Waals surface area contributed by atoms with Crippen LogP contribution < -0.4 is 0 Å². The zero-order chi connectivity index (χ0) is 18.9. The average Bonchev–Trinajstić information content (AvgIpc) is 3.02. The van der Waals surface area contributed by atoms with Crippen LogP contribution in [0.3, 0.4) is 0 Å². The summed E-state index contributed by atoms with van der Waals surface area (Å²) in [6, 6.07) is 9.54. The van der Waals surface area contributed by atoms with Gasteiger partial charge in [0.25, 0.3) is 0 Å².